The number of Topliss-reactive ketones (excluding diaryl/α,β-unsaturated/α-hetero) is 1. The first-order valence-corrected chi connectivity index (χ1v) is 9.58. The number of halogens is 1. The number of anilines is 1. The summed E-state index contributed by atoms with van der Waals surface area (Å²) in [5, 5.41) is 8.00. The highest BCUT2D eigenvalue weighted by molar-refractivity contribution is 6.00. The Labute approximate surface area is 167 Å². The van der Waals surface area contributed by atoms with Gasteiger partial charge in [0.1, 0.15) is 11.9 Å². The maximum Gasteiger partial charge on any atom is 0.226 e. The van der Waals surface area contributed by atoms with Crippen LogP contribution >= 0.6 is 0 Å². The van der Waals surface area contributed by atoms with Crippen molar-refractivity contribution in [2.75, 3.05) is 5.32 Å². The summed E-state index contributed by atoms with van der Waals surface area (Å²) in [7, 11) is 0. The highest BCUT2D eigenvalue weighted by Gasteiger charge is 2.42. The molecule has 29 heavy (non-hydrogen) atoms. The Hall–Kier alpha value is -3.35. The first-order valence-electron chi connectivity index (χ1n) is 9.58. The van der Waals surface area contributed by atoms with Crippen LogP contribution in [0.4, 0.5) is 10.3 Å². The van der Waals surface area contributed by atoms with Gasteiger partial charge < -0.3 is 5.32 Å². The summed E-state index contributed by atoms with van der Waals surface area (Å²) >= 11 is 0. The molecule has 1 aliphatic heterocycles. The molecule has 0 spiro atoms. The number of hydrogen-bond acceptors (Lipinski definition) is 5. The van der Waals surface area contributed by atoms with E-state index in [1.807, 2.05) is 18.2 Å². The molecule has 1 aliphatic carbocycles. The minimum absolute atomic E-state index is 0.101. The van der Waals surface area contributed by atoms with Gasteiger partial charge in [-0.3, -0.25) is 9.78 Å². The van der Waals surface area contributed by atoms with Gasteiger partial charge in [0, 0.05) is 29.5 Å². The second-order valence-corrected chi connectivity index (χ2v) is 8.33. The van der Waals surface area contributed by atoms with Gasteiger partial charge in [0.25, 0.3) is 0 Å². The van der Waals surface area contributed by atoms with Gasteiger partial charge in [-0.2, -0.15) is 4.98 Å². The number of aromatic nitrogens is 4. The van der Waals surface area contributed by atoms with E-state index in [0.717, 1.165) is 17.8 Å². The first kappa shape index (κ1) is 17.7. The number of carbonyl (C=O) groups excluding carboxylic acids is 1. The van der Waals surface area contributed by atoms with Crippen LogP contribution in [0.1, 0.15) is 38.4 Å². The van der Waals surface area contributed by atoms with Gasteiger partial charge in [-0.25, -0.2) is 9.07 Å². The number of carbonyl (C=O) groups is 1. The Bertz CT molecular complexity index is 1130. The van der Waals surface area contributed by atoms with Gasteiger partial charge in [-0.15, -0.1) is 5.10 Å². The number of allylic oxidation sites excluding steroid dienone is 2. The number of pyridine rings is 1. The predicted molar refractivity (Wildman–Crippen MR) is 106 cm³/mol. The second-order valence-electron chi connectivity index (χ2n) is 8.33. The molecule has 0 amide bonds. The zero-order chi connectivity index (χ0) is 20.2. The van der Waals surface area contributed by atoms with E-state index in [1.165, 1.54) is 12.1 Å². The Morgan fingerprint density at radius 3 is 2.66 bits per heavy atom. The zero-order valence-electron chi connectivity index (χ0n) is 16.2. The third kappa shape index (κ3) is 3.03. The molecule has 1 N–H and O–H groups in total. The van der Waals surface area contributed by atoms with Crippen molar-refractivity contribution in [3.8, 4) is 11.4 Å². The molecule has 0 saturated carbocycles. The van der Waals surface area contributed by atoms with Gasteiger partial charge in [0.15, 0.2) is 11.6 Å². The Morgan fingerprint density at radius 2 is 1.93 bits per heavy atom. The van der Waals surface area contributed by atoms with Crippen LogP contribution in [-0.2, 0) is 4.79 Å². The largest absolute Gasteiger partial charge is 0.328 e. The number of nitrogens with zero attached hydrogens (tertiary/aromatic N) is 4. The molecule has 0 radical (unpaired) electrons. The third-order valence-electron chi connectivity index (χ3n) is 5.40. The molecule has 3 aromatic rings. The second kappa shape index (κ2) is 6.34. The fourth-order valence-corrected chi connectivity index (χ4v) is 4.14. The molecule has 7 heteroatoms. The maximum atomic E-state index is 13.3. The number of ketones is 1. The monoisotopic (exact) mass is 389 g/mol. The topological polar surface area (TPSA) is 72.7 Å². The van der Waals surface area contributed by atoms with E-state index >= 15 is 0 Å². The minimum atomic E-state index is -0.437. The third-order valence-corrected chi connectivity index (χ3v) is 5.40. The van der Waals surface area contributed by atoms with E-state index in [4.69, 9.17) is 0 Å². The van der Waals surface area contributed by atoms with Crippen LogP contribution in [0.25, 0.3) is 11.4 Å². The zero-order valence-corrected chi connectivity index (χ0v) is 16.2. The SMILES string of the molecule is CC1(C)CC(=O)C2=C(C1)Nc1nc(-c3ccc(F)cc3)nn1C2c1ccccn1. The molecule has 1 unspecified atom stereocenters. The highest BCUT2D eigenvalue weighted by atomic mass is 19.1. The molecule has 5 rings (SSSR count). The minimum Gasteiger partial charge on any atom is -0.328 e. The van der Waals surface area contributed by atoms with Crippen molar-refractivity contribution in [1.82, 2.24) is 19.7 Å². The standard InChI is InChI=1S/C22H20FN5O/c1-22(2)11-16-18(17(29)12-22)19(15-5-3-4-10-24-15)28-21(25-16)26-20(27-28)13-6-8-14(23)9-7-13/h3-10,19H,11-12H2,1-2H3,(H,25,26,27). The van der Waals surface area contributed by atoms with E-state index in [0.29, 0.717) is 29.3 Å². The molecule has 146 valence electrons. The van der Waals surface area contributed by atoms with Crippen LogP contribution in [-0.4, -0.2) is 25.5 Å². The fraction of sp³-hybridized carbons (Fsp3) is 0.273. The van der Waals surface area contributed by atoms with E-state index in [9.17, 15) is 9.18 Å². The summed E-state index contributed by atoms with van der Waals surface area (Å²) in [5.41, 5.74) is 2.91. The molecular formula is C22H20FN5O. The van der Waals surface area contributed by atoms with Gasteiger partial charge in [0.2, 0.25) is 5.95 Å². The molecule has 0 bridgehead atoms. The summed E-state index contributed by atoms with van der Waals surface area (Å²) in [6, 6.07) is 11.3. The molecule has 0 saturated heterocycles. The van der Waals surface area contributed by atoms with E-state index in [1.54, 1.807) is 23.0 Å². The van der Waals surface area contributed by atoms with Crippen LogP contribution in [0.15, 0.2) is 59.9 Å². The average Bonchev–Trinajstić information content (AvgIpc) is 3.10. The lowest BCUT2D eigenvalue weighted by atomic mass is 9.73. The quantitative estimate of drug-likeness (QED) is 0.713. The van der Waals surface area contributed by atoms with E-state index < -0.39 is 6.04 Å². The van der Waals surface area contributed by atoms with Crippen molar-refractivity contribution >= 4 is 11.7 Å². The van der Waals surface area contributed by atoms with E-state index in [2.05, 4.69) is 34.2 Å². The van der Waals surface area contributed by atoms with Crippen molar-refractivity contribution in [3.05, 3.63) is 71.4 Å². The number of nitrogens with one attached hydrogen (secondary N) is 1. The van der Waals surface area contributed by atoms with E-state index in [-0.39, 0.29) is 17.0 Å². The summed E-state index contributed by atoms with van der Waals surface area (Å²) in [6.45, 7) is 4.19. The molecule has 3 heterocycles. The number of fused-ring (bicyclic) bond motifs is 1. The molecule has 2 aromatic heterocycles. The highest BCUT2D eigenvalue weighted by Crippen LogP contribution is 2.45. The molecular weight excluding hydrogens is 369 g/mol. The summed E-state index contributed by atoms with van der Waals surface area (Å²) in [5.74, 6) is 0.820. The summed E-state index contributed by atoms with van der Waals surface area (Å²) in [6.07, 6.45) is 2.94. The normalized spacial score (nSPS) is 20.1. The van der Waals surface area contributed by atoms with Crippen molar-refractivity contribution < 1.29 is 9.18 Å². The van der Waals surface area contributed by atoms with Gasteiger partial charge in [-0.05, 0) is 48.2 Å². The van der Waals surface area contributed by atoms with Crippen molar-refractivity contribution in [2.45, 2.75) is 32.7 Å². The molecule has 6 nitrogen and oxygen atoms in total. The molecule has 0 fully saturated rings. The van der Waals surface area contributed by atoms with Crippen LogP contribution in [0.5, 0.6) is 0 Å². The Morgan fingerprint density at radius 1 is 1.14 bits per heavy atom. The van der Waals surface area contributed by atoms with Crippen molar-refractivity contribution in [1.29, 1.82) is 0 Å². The molecule has 2 aliphatic rings. The summed E-state index contributed by atoms with van der Waals surface area (Å²) < 4.78 is 15.0. The van der Waals surface area contributed by atoms with Gasteiger partial charge >= 0.3 is 0 Å². The van der Waals surface area contributed by atoms with Crippen LogP contribution < -0.4 is 5.32 Å². The smallest absolute Gasteiger partial charge is 0.226 e. The average molecular weight is 389 g/mol. The van der Waals surface area contributed by atoms with Gasteiger partial charge in [-0.1, -0.05) is 19.9 Å². The van der Waals surface area contributed by atoms with Crippen molar-refractivity contribution in [3.63, 3.8) is 0 Å². The van der Waals surface area contributed by atoms with Crippen LogP contribution in [0, 0.1) is 11.2 Å². The maximum absolute atomic E-state index is 13.3. The number of hydrogen-bond donors (Lipinski definition) is 1. The number of benzene rings is 1. The molecule has 1 aromatic carbocycles. The van der Waals surface area contributed by atoms with Gasteiger partial charge in [0.05, 0.1) is 5.69 Å². The van der Waals surface area contributed by atoms with Crippen LogP contribution in [0.3, 0.4) is 0 Å². The summed E-state index contributed by atoms with van der Waals surface area (Å²) in [4.78, 5) is 22.3. The Balaban J connectivity index is 1.67. The lowest BCUT2D eigenvalue weighted by molar-refractivity contribution is -0.118. The Kier molecular flexibility index (Phi) is 3.87. The first-order chi connectivity index (χ1) is 13.9. The fourth-order valence-electron chi connectivity index (χ4n) is 4.14. The number of rotatable bonds is 2. The van der Waals surface area contributed by atoms with Crippen molar-refractivity contribution in [2.24, 2.45) is 5.41 Å². The van der Waals surface area contributed by atoms with Crippen LogP contribution in [0.2, 0.25) is 0 Å². The lowest BCUT2D eigenvalue weighted by Crippen LogP contribution is -2.36. The molecule has 1 atom stereocenters. The lowest BCUT2D eigenvalue weighted by Gasteiger charge is -2.37. The predicted octanol–water partition coefficient (Wildman–Crippen LogP) is 4.14.